The number of ether oxygens (including phenoxy) is 2. The molecule has 100 valence electrons. The highest BCUT2D eigenvalue weighted by atomic mass is 16.5. The highest BCUT2D eigenvalue weighted by Crippen LogP contribution is 2.26. The Bertz CT molecular complexity index is 367. The van der Waals surface area contributed by atoms with Gasteiger partial charge < -0.3 is 15.2 Å². The van der Waals surface area contributed by atoms with Gasteiger partial charge in [-0.05, 0) is 31.4 Å². The second-order valence-corrected chi connectivity index (χ2v) is 4.13. The van der Waals surface area contributed by atoms with Crippen LogP contribution in [0.3, 0.4) is 0 Å². The lowest BCUT2D eigenvalue weighted by molar-refractivity contribution is 0.264. The summed E-state index contributed by atoms with van der Waals surface area (Å²) in [5.74, 6) is 1.82. The number of nitrogens with two attached hydrogens (primary N) is 1. The molecular formula is C14H22N2O2. The van der Waals surface area contributed by atoms with Gasteiger partial charge in [0.2, 0.25) is 0 Å². The van der Waals surface area contributed by atoms with Crippen LogP contribution in [0.4, 0.5) is 0 Å². The van der Waals surface area contributed by atoms with Crippen molar-refractivity contribution in [3.8, 4) is 11.5 Å². The molecule has 1 rings (SSSR count). The van der Waals surface area contributed by atoms with Crippen molar-refractivity contribution in [1.29, 1.82) is 5.41 Å². The first kappa shape index (κ1) is 14.4. The van der Waals surface area contributed by atoms with Crippen molar-refractivity contribution in [2.24, 2.45) is 5.73 Å². The maximum Gasteiger partial charge on any atom is 0.161 e. The van der Waals surface area contributed by atoms with Crippen LogP contribution in [0.2, 0.25) is 0 Å². The first-order valence-corrected chi connectivity index (χ1v) is 6.41. The van der Waals surface area contributed by atoms with Gasteiger partial charge in [-0.1, -0.05) is 19.1 Å². The Morgan fingerprint density at radius 3 is 2.28 bits per heavy atom. The van der Waals surface area contributed by atoms with Crippen molar-refractivity contribution in [2.75, 3.05) is 13.2 Å². The molecule has 1 aromatic rings. The largest absolute Gasteiger partial charge is 0.490 e. The molecular weight excluding hydrogens is 228 g/mol. The summed E-state index contributed by atoms with van der Waals surface area (Å²) in [7, 11) is 0. The molecule has 0 saturated heterocycles. The smallest absolute Gasteiger partial charge is 0.161 e. The zero-order chi connectivity index (χ0) is 13.2. The average Bonchev–Trinajstić information content (AvgIpc) is 2.36. The molecule has 0 radical (unpaired) electrons. The number of benzene rings is 1. The van der Waals surface area contributed by atoms with Crippen LogP contribution in [0.5, 0.6) is 11.5 Å². The van der Waals surface area contributed by atoms with Gasteiger partial charge in [0, 0.05) is 6.42 Å². The van der Waals surface area contributed by atoms with Crippen molar-refractivity contribution in [2.45, 2.75) is 32.6 Å². The Morgan fingerprint density at radius 2 is 1.72 bits per heavy atom. The number of hydrogen-bond acceptors (Lipinski definition) is 3. The third kappa shape index (κ3) is 5.57. The SMILES string of the molecule is CCCOc1ccccc1OCCCCC(=N)N. The quantitative estimate of drug-likeness (QED) is 0.402. The minimum Gasteiger partial charge on any atom is -0.490 e. The van der Waals surface area contributed by atoms with Gasteiger partial charge in [0.05, 0.1) is 19.0 Å². The molecule has 0 heterocycles. The molecule has 0 atom stereocenters. The van der Waals surface area contributed by atoms with Crippen LogP contribution in [0.15, 0.2) is 24.3 Å². The monoisotopic (exact) mass is 250 g/mol. The van der Waals surface area contributed by atoms with Crippen molar-refractivity contribution in [3.63, 3.8) is 0 Å². The molecule has 0 aromatic heterocycles. The molecule has 0 fully saturated rings. The van der Waals surface area contributed by atoms with Crippen LogP contribution in [0.1, 0.15) is 32.6 Å². The second-order valence-electron chi connectivity index (χ2n) is 4.13. The number of hydrogen-bond donors (Lipinski definition) is 2. The maximum absolute atomic E-state index is 7.12. The van der Waals surface area contributed by atoms with Crippen LogP contribution in [0, 0.1) is 5.41 Å². The molecule has 0 aliphatic heterocycles. The van der Waals surface area contributed by atoms with Gasteiger partial charge in [-0.25, -0.2) is 0 Å². The third-order valence-electron chi connectivity index (χ3n) is 2.41. The van der Waals surface area contributed by atoms with E-state index in [-0.39, 0.29) is 5.84 Å². The molecule has 0 spiro atoms. The van der Waals surface area contributed by atoms with Gasteiger partial charge in [-0.3, -0.25) is 5.41 Å². The lowest BCUT2D eigenvalue weighted by atomic mass is 10.2. The number of para-hydroxylation sites is 2. The van der Waals surface area contributed by atoms with E-state index in [1.807, 2.05) is 24.3 Å². The molecule has 0 bridgehead atoms. The molecule has 0 amide bonds. The second kappa shape index (κ2) is 8.39. The first-order valence-electron chi connectivity index (χ1n) is 6.41. The molecule has 18 heavy (non-hydrogen) atoms. The Kier molecular flexibility index (Phi) is 6.69. The van der Waals surface area contributed by atoms with Gasteiger partial charge >= 0.3 is 0 Å². The molecule has 4 nitrogen and oxygen atoms in total. The molecule has 0 saturated carbocycles. The van der Waals surface area contributed by atoms with E-state index < -0.39 is 0 Å². The summed E-state index contributed by atoms with van der Waals surface area (Å²) in [5, 5.41) is 7.12. The van der Waals surface area contributed by atoms with Gasteiger partial charge in [0.25, 0.3) is 0 Å². The van der Waals surface area contributed by atoms with E-state index in [2.05, 4.69) is 6.92 Å². The van der Waals surface area contributed by atoms with Crippen molar-refractivity contribution >= 4 is 5.84 Å². The summed E-state index contributed by atoms with van der Waals surface area (Å²) in [5.41, 5.74) is 5.29. The lowest BCUT2D eigenvalue weighted by Crippen LogP contribution is -2.09. The van der Waals surface area contributed by atoms with Gasteiger partial charge in [0.1, 0.15) is 0 Å². The number of nitrogens with one attached hydrogen (secondary N) is 1. The van der Waals surface area contributed by atoms with Crippen molar-refractivity contribution < 1.29 is 9.47 Å². The Morgan fingerprint density at radius 1 is 1.11 bits per heavy atom. The van der Waals surface area contributed by atoms with Gasteiger partial charge in [-0.2, -0.15) is 0 Å². The first-order chi connectivity index (χ1) is 8.74. The summed E-state index contributed by atoms with van der Waals surface area (Å²) in [6, 6.07) is 7.70. The molecule has 0 aliphatic carbocycles. The van der Waals surface area contributed by atoms with E-state index in [4.69, 9.17) is 20.6 Å². The topological polar surface area (TPSA) is 68.3 Å². The number of rotatable bonds is 9. The van der Waals surface area contributed by atoms with E-state index in [9.17, 15) is 0 Å². The Labute approximate surface area is 109 Å². The van der Waals surface area contributed by atoms with Crippen LogP contribution in [-0.2, 0) is 0 Å². The van der Waals surface area contributed by atoms with Crippen molar-refractivity contribution in [1.82, 2.24) is 0 Å². The predicted octanol–water partition coefficient (Wildman–Crippen LogP) is 2.96. The molecule has 3 N–H and O–H groups in total. The maximum atomic E-state index is 7.12. The zero-order valence-electron chi connectivity index (χ0n) is 10.9. The number of amidine groups is 1. The summed E-state index contributed by atoms with van der Waals surface area (Å²) >= 11 is 0. The molecule has 0 unspecified atom stereocenters. The van der Waals surface area contributed by atoms with E-state index in [0.717, 1.165) is 30.8 Å². The fraction of sp³-hybridized carbons (Fsp3) is 0.500. The Hall–Kier alpha value is -1.71. The minimum atomic E-state index is 0.238. The highest BCUT2D eigenvalue weighted by molar-refractivity contribution is 5.76. The van der Waals surface area contributed by atoms with Crippen LogP contribution in [0.25, 0.3) is 0 Å². The van der Waals surface area contributed by atoms with Crippen molar-refractivity contribution in [3.05, 3.63) is 24.3 Å². The average molecular weight is 250 g/mol. The lowest BCUT2D eigenvalue weighted by Gasteiger charge is -2.11. The molecule has 0 aliphatic rings. The van der Waals surface area contributed by atoms with Crippen LogP contribution >= 0.6 is 0 Å². The zero-order valence-corrected chi connectivity index (χ0v) is 10.9. The van der Waals surface area contributed by atoms with Gasteiger partial charge in [0.15, 0.2) is 11.5 Å². The summed E-state index contributed by atoms with van der Waals surface area (Å²) < 4.78 is 11.3. The van der Waals surface area contributed by atoms with E-state index in [1.54, 1.807) is 0 Å². The Balaban J connectivity index is 2.34. The van der Waals surface area contributed by atoms with Gasteiger partial charge in [-0.15, -0.1) is 0 Å². The summed E-state index contributed by atoms with van der Waals surface area (Å²) in [6.45, 7) is 3.40. The normalized spacial score (nSPS) is 10.1. The third-order valence-corrected chi connectivity index (χ3v) is 2.41. The summed E-state index contributed by atoms with van der Waals surface area (Å²) in [4.78, 5) is 0. The van der Waals surface area contributed by atoms with Crippen LogP contribution < -0.4 is 15.2 Å². The fourth-order valence-electron chi connectivity index (χ4n) is 1.50. The highest BCUT2D eigenvalue weighted by Gasteiger charge is 2.03. The number of unbranched alkanes of at least 4 members (excludes halogenated alkanes) is 1. The van der Waals surface area contributed by atoms with E-state index >= 15 is 0 Å². The summed E-state index contributed by atoms with van der Waals surface area (Å²) in [6.07, 6.45) is 3.39. The predicted molar refractivity (Wildman–Crippen MR) is 73.5 cm³/mol. The standard InChI is InChI=1S/C14H22N2O2/c1-2-10-17-12-7-3-4-8-13(12)18-11-6-5-9-14(15)16/h3-4,7-8H,2,5-6,9-11H2,1H3,(H3,15,16). The van der Waals surface area contributed by atoms with E-state index in [1.165, 1.54) is 0 Å². The molecule has 1 aromatic carbocycles. The fourth-order valence-corrected chi connectivity index (χ4v) is 1.50. The van der Waals surface area contributed by atoms with Crippen LogP contribution in [-0.4, -0.2) is 19.0 Å². The van der Waals surface area contributed by atoms with E-state index in [0.29, 0.717) is 19.6 Å². The molecule has 4 heteroatoms. The minimum absolute atomic E-state index is 0.238.